The van der Waals surface area contributed by atoms with Crippen LogP contribution in [0.25, 0.3) is 0 Å². The first-order chi connectivity index (χ1) is 11.3. The van der Waals surface area contributed by atoms with Gasteiger partial charge in [0.15, 0.2) is 0 Å². The predicted molar refractivity (Wildman–Crippen MR) is 111 cm³/mol. The quantitative estimate of drug-likeness (QED) is 0.359. The van der Waals surface area contributed by atoms with Crippen LogP contribution in [0.15, 0.2) is 24.3 Å². The molecule has 1 rings (SSSR count). The van der Waals surface area contributed by atoms with Crippen molar-refractivity contribution in [2.45, 2.75) is 78.9 Å². The Morgan fingerprint density at radius 2 is 0.960 bits per heavy atom. The zero-order valence-corrected chi connectivity index (χ0v) is 22.1. The fraction of sp³-hybridized carbons (Fsp3) is 0.750. The number of rotatable bonds is 7. The molecule has 0 aromatic heterocycles. The third-order valence-electron chi connectivity index (χ3n) is 3.06. The SMILES string of the molecule is CCCCO.CCCCO.CCCCO.C[Si](C)(C)[c-]1cccc1.[Hf]. The van der Waals surface area contributed by atoms with Crippen LogP contribution in [0.2, 0.25) is 19.6 Å². The summed E-state index contributed by atoms with van der Waals surface area (Å²) < 4.78 is 0. The largest absolute Gasteiger partial charge is 0.396 e. The van der Waals surface area contributed by atoms with Crippen LogP contribution in [0, 0.1) is 0 Å². The average molecular weight is 538 g/mol. The van der Waals surface area contributed by atoms with Crippen LogP contribution < -0.4 is 5.19 Å². The molecule has 3 nitrogen and oxygen atoms in total. The van der Waals surface area contributed by atoms with E-state index >= 15 is 0 Å². The zero-order chi connectivity index (χ0) is 19.3. The van der Waals surface area contributed by atoms with Gasteiger partial charge in [-0.25, -0.2) is 12.1 Å². The maximum atomic E-state index is 8.07. The molecule has 1 aromatic carbocycles. The van der Waals surface area contributed by atoms with E-state index in [2.05, 4.69) is 64.7 Å². The predicted octanol–water partition coefficient (Wildman–Crippen LogP) is 4.28. The Kier molecular flexibility index (Phi) is 35.0. The van der Waals surface area contributed by atoms with Crippen molar-refractivity contribution in [3.05, 3.63) is 24.3 Å². The van der Waals surface area contributed by atoms with Gasteiger partial charge in [-0.05, 0) is 19.3 Å². The first-order valence-electron chi connectivity index (χ1n) is 9.40. The molecule has 0 amide bonds. The molecule has 0 aliphatic heterocycles. The smallest absolute Gasteiger partial charge is 0.0430 e. The van der Waals surface area contributed by atoms with E-state index in [1.807, 2.05) is 0 Å². The van der Waals surface area contributed by atoms with Crippen LogP contribution in [0.5, 0.6) is 0 Å². The van der Waals surface area contributed by atoms with Crippen molar-refractivity contribution in [2.24, 2.45) is 0 Å². The van der Waals surface area contributed by atoms with Gasteiger partial charge in [-0.15, -0.1) is 0 Å². The van der Waals surface area contributed by atoms with Gasteiger partial charge in [0.05, 0.1) is 0 Å². The van der Waals surface area contributed by atoms with Crippen molar-refractivity contribution < 1.29 is 41.2 Å². The summed E-state index contributed by atoms with van der Waals surface area (Å²) in [7, 11) is -0.981. The van der Waals surface area contributed by atoms with Gasteiger partial charge in [-0.2, -0.15) is 17.3 Å². The summed E-state index contributed by atoms with van der Waals surface area (Å²) in [4.78, 5) is 0. The Bertz CT molecular complexity index is 278. The molecule has 0 aliphatic carbocycles. The molecular weight excluding hydrogens is 495 g/mol. The standard InChI is InChI=1S/C8H13Si.3C4H10O.Hf/c1-9(2,3)8-6-4-5-7-8;3*1-2-3-4-5;/h4-7H,1-3H3;3*5H,2-4H2,1H3;/q-1;;;;. The Morgan fingerprint density at radius 1 is 0.680 bits per heavy atom. The van der Waals surface area contributed by atoms with E-state index < -0.39 is 8.07 Å². The topological polar surface area (TPSA) is 60.7 Å². The maximum Gasteiger partial charge on any atom is 0.0430 e. The summed E-state index contributed by atoms with van der Waals surface area (Å²) in [5.41, 5.74) is 0. The Balaban J connectivity index is -0.000000122. The maximum absolute atomic E-state index is 8.07. The molecule has 1 aromatic rings. The molecule has 0 atom stereocenters. The number of aliphatic hydroxyl groups excluding tert-OH is 3. The van der Waals surface area contributed by atoms with Crippen molar-refractivity contribution in [3.63, 3.8) is 0 Å². The van der Waals surface area contributed by atoms with Crippen molar-refractivity contribution in [1.29, 1.82) is 0 Å². The fourth-order valence-corrected chi connectivity index (χ4v) is 2.54. The number of hydrogen-bond acceptors (Lipinski definition) is 3. The van der Waals surface area contributed by atoms with Crippen LogP contribution in [0.4, 0.5) is 0 Å². The monoisotopic (exact) mass is 539 g/mol. The van der Waals surface area contributed by atoms with Crippen molar-refractivity contribution in [2.75, 3.05) is 19.8 Å². The molecular formula is C20H43HfO3Si-. The number of hydrogen-bond donors (Lipinski definition) is 3. The molecule has 25 heavy (non-hydrogen) atoms. The van der Waals surface area contributed by atoms with E-state index in [0.717, 1.165) is 38.5 Å². The van der Waals surface area contributed by atoms with Gasteiger partial charge >= 0.3 is 0 Å². The van der Waals surface area contributed by atoms with E-state index in [9.17, 15) is 0 Å². The van der Waals surface area contributed by atoms with Gasteiger partial charge < -0.3 is 15.3 Å². The first-order valence-corrected chi connectivity index (χ1v) is 12.9. The second-order valence-electron chi connectivity index (χ2n) is 6.66. The van der Waals surface area contributed by atoms with Crippen LogP contribution in [0.1, 0.15) is 59.3 Å². The molecule has 0 bridgehead atoms. The first kappa shape index (κ1) is 32.9. The Labute approximate surface area is 177 Å². The third kappa shape index (κ3) is 32.5. The summed E-state index contributed by atoms with van der Waals surface area (Å²) in [5, 5.41) is 25.8. The van der Waals surface area contributed by atoms with Crippen molar-refractivity contribution in [3.8, 4) is 0 Å². The van der Waals surface area contributed by atoms with E-state index in [1.165, 1.54) is 0 Å². The van der Waals surface area contributed by atoms with E-state index in [0.29, 0.717) is 19.8 Å². The van der Waals surface area contributed by atoms with Gasteiger partial charge in [0, 0.05) is 53.7 Å². The van der Waals surface area contributed by atoms with Crippen molar-refractivity contribution in [1.82, 2.24) is 0 Å². The molecule has 0 unspecified atom stereocenters. The summed E-state index contributed by atoms with van der Waals surface area (Å²) in [6.45, 7) is 14.3. The zero-order valence-electron chi connectivity index (χ0n) is 17.5. The molecule has 0 spiro atoms. The van der Waals surface area contributed by atoms with E-state index in [1.54, 1.807) is 5.19 Å². The van der Waals surface area contributed by atoms with E-state index in [4.69, 9.17) is 15.3 Å². The normalized spacial score (nSPS) is 9.32. The summed E-state index contributed by atoms with van der Waals surface area (Å²) >= 11 is 0. The Morgan fingerprint density at radius 3 is 1.04 bits per heavy atom. The molecule has 3 N–H and O–H groups in total. The summed E-state index contributed by atoms with van der Waals surface area (Å²) in [6, 6.07) is 8.69. The Hall–Kier alpha value is 0.317. The molecule has 0 saturated heterocycles. The second-order valence-corrected chi connectivity index (χ2v) is 11.7. The number of unbranched alkanes of at least 4 members (excludes halogenated alkanes) is 3. The van der Waals surface area contributed by atoms with Gasteiger partial charge in [0.2, 0.25) is 0 Å². The second kappa shape index (κ2) is 26.5. The van der Waals surface area contributed by atoms with Gasteiger partial charge in [0.1, 0.15) is 0 Å². The molecule has 0 radical (unpaired) electrons. The van der Waals surface area contributed by atoms with Crippen LogP contribution >= 0.6 is 0 Å². The molecule has 5 heteroatoms. The van der Waals surface area contributed by atoms with Gasteiger partial charge in [-0.1, -0.05) is 59.7 Å². The fourth-order valence-electron chi connectivity index (χ4n) is 1.35. The summed E-state index contributed by atoms with van der Waals surface area (Å²) in [5.74, 6) is 0. The minimum Gasteiger partial charge on any atom is -0.396 e. The van der Waals surface area contributed by atoms with Crippen LogP contribution in [0.3, 0.4) is 0 Å². The van der Waals surface area contributed by atoms with E-state index in [-0.39, 0.29) is 25.8 Å². The van der Waals surface area contributed by atoms with Gasteiger partial charge in [-0.3, -0.25) is 0 Å². The molecule has 0 saturated carbocycles. The number of aliphatic hydroxyl groups is 3. The third-order valence-corrected chi connectivity index (χ3v) is 5.13. The minimum absolute atomic E-state index is 0. The van der Waals surface area contributed by atoms with Crippen molar-refractivity contribution >= 4 is 13.3 Å². The van der Waals surface area contributed by atoms with Crippen LogP contribution in [-0.4, -0.2) is 43.2 Å². The minimum atomic E-state index is -0.981. The molecule has 150 valence electrons. The molecule has 0 aliphatic rings. The summed E-state index contributed by atoms with van der Waals surface area (Å²) in [6.07, 6.45) is 6.11. The average Bonchev–Trinajstić information content (AvgIpc) is 3.06. The molecule has 0 fully saturated rings. The van der Waals surface area contributed by atoms with Crippen LogP contribution in [-0.2, 0) is 25.8 Å². The van der Waals surface area contributed by atoms with Gasteiger partial charge in [0.25, 0.3) is 0 Å². The molecule has 0 heterocycles.